The minimum atomic E-state index is -0.933. The van der Waals surface area contributed by atoms with Crippen molar-refractivity contribution in [3.05, 3.63) is 29.8 Å². The van der Waals surface area contributed by atoms with Crippen LogP contribution in [0, 0.1) is 5.92 Å². The maximum Gasteiger partial charge on any atom is 0.257 e. The van der Waals surface area contributed by atoms with E-state index in [9.17, 15) is 14.4 Å². The minimum Gasteiger partial charge on any atom is -0.497 e. The van der Waals surface area contributed by atoms with Crippen LogP contribution in [-0.2, 0) is 19.1 Å². The third-order valence-electron chi connectivity index (χ3n) is 6.18. The second-order valence-electron chi connectivity index (χ2n) is 8.94. The molecule has 1 N–H and O–H groups in total. The number of likely N-dealkylation sites (tertiary alicyclic amines) is 1. The van der Waals surface area contributed by atoms with E-state index in [0.717, 1.165) is 0 Å². The van der Waals surface area contributed by atoms with Crippen molar-refractivity contribution in [2.75, 3.05) is 47.1 Å². The van der Waals surface area contributed by atoms with E-state index >= 15 is 0 Å². The van der Waals surface area contributed by atoms with Gasteiger partial charge < -0.3 is 24.4 Å². The molecule has 3 amide bonds. The van der Waals surface area contributed by atoms with Gasteiger partial charge in [0.05, 0.1) is 20.3 Å². The molecule has 1 spiro atoms. The molecule has 9 heteroatoms. The zero-order valence-electron chi connectivity index (χ0n) is 20.0. The largest absolute Gasteiger partial charge is 0.497 e. The first-order valence-electron chi connectivity index (χ1n) is 11.5. The van der Waals surface area contributed by atoms with E-state index in [4.69, 9.17) is 14.2 Å². The van der Waals surface area contributed by atoms with Gasteiger partial charge in [-0.25, -0.2) is 0 Å². The summed E-state index contributed by atoms with van der Waals surface area (Å²) >= 11 is 0. The molecule has 9 nitrogen and oxygen atoms in total. The van der Waals surface area contributed by atoms with E-state index in [2.05, 4.69) is 5.32 Å². The Hall–Kier alpha value is -2.65. The average molecular weight is 462 g/mol. The van der Waals surface area contributed by atoms with Gasteiger partial charge in [-0.3, -0.25) is 19.3 Å². The van der Waals surface area contributed by atoms with Gasteiger partial charge in [-0.2, -0.15) is 0 Å². The molecule has 0 radical (unpaired) electrons. The highest BCUT2D eigenvalue weighted by Gasteiger charge is 2.54. The van der Waals surface area contributed by atoms with Crippen LogP contribution in [0.3, 0.4) is 0 Å². The number of piperidine rings is 1. The number of nitrogens with zero attached hydrogens (tertiary/aromatic N) is 2. The third kappa shape index (κ3) is 5.65. The highest BCUT2D eigenvalue weighted by molar-refractivity contribution is 5.98. The van der Waals surface area contributed by atoms with Crippen LogP contribution in [0.2, 0.25) is 0 Å². The summed E-state index contributed by atoms with van der Waals surface area (Å²) in [5.74, 6) is 0.378. The number of hydrogen-bond acceptors (Lipinski definition) is 6. The smallest absolute Gasteiger partial charge is 0.257 e. The molecule has 1 aromatic carbocycles. The highest BCUT2D eigenvalue weighted by atomic mass is 16.5. The monoisotopic (exact) mass is 461 g/mol. The van der Waals surface area contributed by atoms with Gasteiger partial charge in [0, 0.05) is 51.6 Å². The molecular weight excluding hydrogens is 426 g/mol. The number of carbonyl (C=O) groups is 3. The third-order valence-corrected chi connectivity index (χ3v) is 6.18. The molecule has 0 bridgehead atoms. The van der Waals surface area contributed by atoms with Gasteiger partial charge in [0.1, 0.15) is 17.5 Å². The van der Waals surface area contributed by atoms with Crippen LogP contribution in [0.15, 0.2) is 24.3 Å². The lowest BCUT2D eigenvalue weighted by atomic mass is 9.96. The van der Waals surface area contributed by atoms with Gasteiger partial charge in [0.15, 0.2) is 0 Å². The highest BCUT2D eigenvalue weighted by Crippen LogP contribution is 2.39. The minimum absolute atomic E-state index is 0.106. The fourth-order valence-corrected chi connectivity index (χ4v) is 4.44. The van der Waals surface area contributed by atoms with Crippen LogP contribution in [0.25, 0.3) is 0 Å². The maximum absolute atomic E-state index is 13.7. The van der Waals surface area contributed by atoms with E-state index < -0.39 is 11.8 Å². The Bertz CT molecular complexity index is 850. The first-order chi connectivity index (χ1) is 15.8. The van der Waals surface area contributed by atoms with E-state index in [1.165, 1.54) is 0 Å². The Kier molecular flexibility index (Phi) is 8.31. The lowest BCUT2D eigenvalue weighted by Gasteiger charge is -2.44. The molecular formula is C24H35N3O6. The van der Waals surface area contributed by atoms with Gasteiger partial charge in [-0.05, 0) is 24.1 Å². The molecule has 2 fully saturated rings. The zero-order valence-corrected chi connectivity index (χ0v) is 20.0. The molecule has 1 unspecified atom stereocenters. The molecule has 2 aliphatic rings. The van der Waals surface area contributed by atoms with Gasteiger partial charge in [0.2, 0.25) is 11.8 Å². The summed E-state index contributed by atoms with van der Waals surface area (Å²) < 4.78 is 16.5. The second-order valence-corrected chi connectivity index (χ2v) is 8.94. The van der Waals surface area contributed by atoms with Crippen LogP contribution in [0.4, 0.5) is 0 Å². The first-order valence-corrected chi connectivity index (χ1v) is 11.5. The Morgan fingerprint density at radius 3 is 2.58 bits per heavy atom. The maximum atomic E-state index is 13.7. The predicted octanol–water partition coefficient (Wildman–Crippen LogP) is 1.66. The molecule has 0 aliphatic carbocycles. The number of carbonyl (C=O) groups excluding carboxylic acids is 3. The summed E-state index contributed by atoms with van der Waals surface area (Å²) in [4.78, 5) is 42.6. The molecule has 0 saturated carbocycles. The van der Waals surface area contributed by atoms with Crippen LogP contribution < -0.4 is 10.1 Å². The summed E-state index contributed by atoms with van der Waals surface area (Å²) in [6, 6.07) is 6.11. The van der Waals surface area contributed by atoms with Crippen LogP contribution in [-0.4, -0.2) is 86.4 Å². The van der Waals surface area contributed by atoms with Crippen molar-refractivity contribution in [3.8, 4) is 5.75 Å². The van der Waals surface area contributed by atoms with Crippen molar-refractivity contribution in [2.45, 2.75) is 44.9 Å². The van der Waals surface area contributed by atoms with Crippen molar-refractivity contribution in [3.63, 3.8) is 0 Å². The van der Waals surface area contributed by atoms with Crippen LogP contribution in [0.5, 0.6) is 5.75 Å². The molecule has 1 aromatic rings. The Labute approximate surface area is 195 Å². The number of nitrogens with one attached hydrogen (secondary N) is 1. The summed E-state index contributed by atoms with van der Waals surface area (Å²) in [5, 5.41) is 2.83. The molecule has 0 aromatic heterocycles. The Morgan fingerprint density at radius 1 is 1.21 bits per heavy atom. The van der Waals surface area contributed by atoms with Crippen molar-refractivity contribution in [2.24, 2.45) is 5.92 Å². The number of methoxy groups -OCH3 is 2. The zero-order chi connectivity index (χ0) is 24.0. The van der Waals surface area contributed by atoms with E-state index in [1.807, 2.05) is 18.7 Å². The average Bonchev–Trinajstić information content (AvgIpc) is 3.17. The molecule has 3 rings (SSSR count). The van der Waals surface area contributed by atoms with E-state index in [0.29, 0.717) is 56.8 Å². The molecule has 2 heterocycles. The number of hydrogen-bond donors (Lipinski definition) is 1. The van der Waals surface area contributed by atoms with Gasteiger partial charge in [0.25, 0.3) is 5.91 Å². The number of amides is 3. The fourth-order valence-electron chi connectivity index (χ4n) is 4.44. The fraction of sp³-hybridized carbons (Fsp3) is 0.625. The standard InChI is InChI=1S/C24H35N3O6/c1-17(2)14-21(28)26-11-8-24(9-12-26)27(20(16-33-24)22(29)25-10-13-31-3)23(30)18-6-5-7-19(15-18)32-4/h5-7,15,17,20H,8-14,16H2,1-4H3,(H,25,29). The number of benzene rings is 1. The lowest BCUT2D eigenvalue weighted by Crippen LogP contribution is -2.60. The van der Waals surface area contributed by atoms with Gasteiger partial charge in [-0.15, -0.1) is 0 Å². The molecule has 33 heavy (non-hydrogen) atoms. The van der Waals surface area contributed by atoms with Crippen molar-refractivity contribution in [1.82, 2.24) is 15.1 Å². The first kappa shape index (κ1) is 25.0. The summed E-state index contributed by atoms with van der Waals surface area (Å²) in [5.41, 5.74) is -0.509. The second kappa shape index (κ2) is 11.0. The normalized spacial score (nSPS) is 19.7. The summed E-state index contributed by atoms with van der Waals surface area (Å²) in [6.07, 6.45) is 1.40. The quantitative estimate of drug-likeness (QED) is 0.592. The van der Waals surface area contributed by atoms with E-state index in [-0.39, 0.29) is 30.2 Å². The molecule has 182 valence electrons. The summed E-state index contributed by atoms with van der Waals surface area (Å²) in [6.45, 7) is 5.82. The SMILES string of the molecule is COCCNC(=O)C1COC2(CCN(C(=O)CC(C)C)CC2)N1C(=O)c1cccc(OC)c1. The van der Waals surface area contributed by atoms with Crippen LogP contribution >= 0.6 is 0 Å². The molecule has 2 saturated heterocycles. The number of rotatable bonds is 8. The van der Waals surface area contributed by atoms with Crippen LogP contribution in [0.1, 0.15) is 43.5 Å². The molecule has 2 aliphatic heterocycles. The Balaban J connectivity index is 1.84. The van der Waals surface area contributed by atoms with Crippen molar-refractivity contribution >= 4 is 17.7 Å². The van der Waals surface area contributed by atoms with Gasteiger partial charge >= 0.3 is 0 Å². The lowest BCUT2D eigenvalue weighted by molar-refractivity contribution is -0.144. The van der Waals surface area contributed by atoms with E-state index in [1.54, 1.807) is 43.4 Å². The van der Waals surface area contributed by atoms with Gasteiger partial charge in [-0.1, -0.05) is 19.9 Å². The summed E-state index contributed by atoms with van der Waals surface area (Å²) in [7, 11) is 3.10. The van der Waals surface area contributed by atoms with Crippen molar-refractivity contribution < 1.29 is 28.6 Å². The number of ether oxygens (including phenoxy) is 3. The molecule has 1 atom stereocenters. The Morgan fingerprint density at radius 2 is 1.94 bits per heavy atom. The van der Waals surface area contributed by atoms with Crippen molar-refractivity contribution in [1.29, 1.82) is 0 Å². The predicted molar refractivity (Wildman–Crippen MR) is 122 cm³/mol. The topological polar surface area (TPSA) is 97.4 Å².